The summed E-state index contributed by atoms with van der Waals surface area (Å²) < 4.78 is 0. The molecular weight excluding hydrogens is 186 g/mol. The van der Waals surface area contributed by atoms with Crippen LogP contribution in [0, 0.1) is 0 Å². The molecule has 0 aromatic heterocycles. The molecule has 1 rings (SSSR count). The Bertz CT molecular complexity index is 337. The molecule has 2 nitrogen and oxygen atoms in total. The van der Waals surface area contributed by atoms with Gasteiger partial charge >= 0.3 is 0 Å². The van der Waals surface area contributed by atoms with Gasteiger partial charge in [-0.2, -0.15) is 0 Å². The fourth-order valence-electron chi connectivity index (χ4n) is 1.22. The molecule has 0 saturated carbocycles. The maximum Gasteiger partial charge on any atom is 0.129 e. The Morgan fingerprint density at radius 1 is 1.27 bits per heavy atom. The summed E-state index contributed by atoms with van der Waals surface area (Å²) in [6.07, 6.45) is 2.79. The fourth-order valence-corrected chi connectivity index (χ4v) is 1.22. The Hall–Kier alpha value is -1.31. The second-order valence-corrected chi connectivity index (χ2v) is 4.49. The first-order valence-corrected chi connectivity index (χ1v) is 5.32. The molecular formula is C13H19NO. The van der Waals surface area contributed by atoms with Crippen LogP contribution < -0.4 is 0 Å². The Morgan fingerprint density at radius 3 is 2.53 bits per heavy atom. The minimum absolute atomic E-state index is 0.225. The van der Waals surface area contributed by atoms with Gasteiger partial charge in [0.1, 0.15) is 5.60 Å². The summed E-state index contributed by atoms with van der Waals surface area (Å²) in [7, 11) is 0. The highest BCUT2D eigenvalue weighted by molar-refractivity contribution is 5.81. The lowest BCUT2D eigenvalue weighted by Crippen LogP contribution is -2.15. The minimum atomic E-state index is -0.225. The van der Waals surface area contributed by atoms with Crippen molar-refractivity contribution >= 4 is 6.21 Å². The number of hydrogen-bond acceptors (Lipinski definition) is 2. The van der Waals surface area contributed by atoms with E-state index in [1.165, 1.54) is 5.56 Å². The highest BCUT2D eigenvalue weighted by Crippen LogP contribution is 2.09. The number of aryl methyl sites for hydroxylation is 1. The average molecular weight is 205 g/mol. The molecule has 0 saturated heterocycles. The van der Waals surface area contributed by atoms with Crippen LogP contribution in [0.15, 0.2) is 29.4 Å². The summed E-state index contributed by atoms with van der Waals surface area (Å²) in [4.78, 5) is 5.30. The molecule has 2 heteroatoms. The fraction of sp³-hybridized carbons (Fsp3) is 0.462. The molecule has 1 aromatic carbocycles. The molecule has 15 heavy (non-hydrogen) atoms. The highest BCUT2D eigenvalue weighted by atomic mass is 16.6. The number of oxime groups is 1. The Labute approximate surface area is 91.9 Å². The summed E-state index contributed by atoms with van der Waals surface area (Å²) in [6, 6.07) is 8.21. The van der Waals surface area contributed by atoms with E-state index < -0.39 is 0 Å². The number of benzene rings is 1. The summed E-state index contributed by atoms with van der Waals surface area (Å²) >= 11 is 0. The van der Waals surface area contributed by atoms with Gasteiger partial charge in [-0.3, -0.25) is 0 Å². The summed E-state index contributed by atoms with van der Waals surface area (Å²) in [5, 5.41) is 4.00. The van der Waals surface area contributed by atoms with Crippen LogP contribution in [-0.2, 0) is 11.3 Å². The van der Waals surface area contributed by atoms with Crippen LogP contribution in [0.3, 0.4) is 0 Å². The maximum atomic E-state index is 5.30. The lowest BCUT2D eigenvalue weighted by Gasteiger charge is -2.15. The van der Waals surface area contributed by atoms with E-state index >= 15 is 0 Å². The zero-order chi connectivity index (χ0) is 11.3. The van der Waals surface area contributed by atoms with Crippen molar-refractivity contribution in [3.05, 3.63) is 35.4 Å². The molecule has 0 aliphatic heterocycles. The van der Waals surface area contributed by atoms with Crippen LogP contribution in [0.25, 0.3) is 0 Å². The SMILES string of the molecule is CCc1ccccc1C=NOC(C)(C)C. The van der Waals surface area contributed by atoms with Crippen LogP contribution in [0.1, 0.15) is 38.8 Å². The molecule has 0 spiro atoms. The molecule has 82 valence electrons. The van der Waals surface area contributed by atoms with Crippen LogP contribution in [0.5, 0.6) is 0 Å². The van der Waals surface area contributed by atoms with Gasteiger partial charge in [-0.15, -0.1) is 0 Å². The second-order valence-electron chi connectivity index (χ2n) is 4.49. The van der Waals surface area contributed by atoms with E-state index in [9.17, 15) is 0 Å². The third-order valence-corrected chi connectivity index (χ3v) is 1.95. The van der Waals surface area contributed by atoms with Gasteiger partial charge in [0.25, 0.3) is 0 Å². The molecule has 0 atom stereocenters. The van der Waals surface area contributed by atoms with E-state index in [1.54, 1.807) is 6.21 Å². The quantitative estimate of drug-likeness (QED) is 0.547. The topological polar surface area (TPSA) is 21.6 Å². The Morgan fingerprint density at radius 2 is 1.93 bits per heavy atom. The lowest BCUT2D eigenvalue weighted by atomic mass is 10.1. The average Bonchev–Trinajstić information content (AvgIpc) is 2.16. The third-order valence-electron chi connectivity index (χ3n) is 1.95. The van der Waals surface area contributed by atoms with Crippen molar-refractivity contribution in [3.8, 4) is 0 Å². The first-order chi connectivity index (χ1) is 7.03. The van der Waals surface area contributed by atoms with E-state index in [0.717, 1.165) is 12.0 Å². The molecule has 0 radical (unpaired) electrons. The second kappa shape index (κ2) is 4.96. The van der Waals surface area contributed by atoms with E-state index in [4.69, 9.17) is 4.84 Å². The summed E-state index contributed by atoms with van der Waals surface area (Å²) in [5.74, 6) is 0. The molecule has 0 aliphatic carbocycles. The molecule has 0 heterocycles. The van der Waals surface area contributed by atoms with E-state index in [-0.39, 0.29) is 5.60 Å². The standard InChI is InChI=1S/C13H19NO/c1-5-11-8-6-7-9-12(11)10-14-15-13(2,3)4/h6-10H,5H2,1-4H3. The molecule has 0 amide bonds. The number of hydrogen-bond donors (Lipinski definition) is 0. The van der Waals surface area contributed by atoms with Gasteiger partial charge in [0.15, 0.2) is 0 Å². The number of nitrogens with zero attached hydrogens (tertiary/aromatic N) is 1. The van der Waals surface area contributed by atoms with Gasteiger partial charge in [-0.25, -0.2) is 0 Å². The van der Waals surface area contributed by atoms with Crippen LogP contribution in [-0.4, -0.2) is 11.8 Å². The molecule has 0 unspecified atom stereocenters. The van der Waals surface area contributed by atoms with Crippen LogP contribution >= 0.6 is 0 Å². The first-order valence-electron chi connectivity index (χ1n) is 5.32. The molecule has 1 aromatic rings. The third kappa shape index (κ3) is 4.15. The smallest absolute Gasteiger partial charge is 0.129 e. The van der Waals surface area contributed by atoms with E-state index in [1.807, 2.05) is 39.0 Å². The van der Waals surface area contributed by atoms with Gasteiger partial charge in [0.05, 0.1) is 6.21 Å². The normalized spacial score (nSPS) is 12.0. The van der Waals surface area contributed by atoms with Crippen molar-refractivity contribution in [2.24, 2.45) is 5.16 Å². The van der Waals surface area contributed by atoms with E-state index in [2.05, 4.69) is 18.1 Å². The Kier molecular flexibility index (Phi) is 3.89. The van der Waals surface area contributed by atoms with Crippen molar-refractivity contribution in [1.29, 1.82) is 0 Å². The zero-order valence-corrected chi connectivity index (χ0v) is 9.95. The van der Waals surface area contributed by atoms with Gasteiger partial charge in [0.2, 0.25) is 0 Å². The van der Waals surface area contributed by atoms with Gasteiger partial charge < -0.3 is 4.84 Å². The maximum absolute atomic E-state index is 5.30. The van der Waals surface area contributed by atoms with E-state index in [0.29, 0.717) is 0 Å². The van der Waals surface area contributed by atoms with Crippen LogP contribution in [0.4, 0.5) is 0 Å². The lowest BCUT2D eigenvalue weighted by molar-refractivity contribution is 0.00199. The molecule has 0 N–H and O–H groups in total. The Balaban J connectivity index is 2.72. The van der Waals surface area contributed by atoms with Crippen molar-refractivity contribution in [3.63, 3.8) is 0 Å². The number of rotatable bonds is 3. The van der Waals surface area contributed by atoms with Gasteiger partial charge in [-0.1, -0.05) is 36.3 Å². The van der Waals surface area contributed by atoms with Crippen molar-refractivity contribution in [1.82, 2.24) is 0 Å². The van der Waals surface area contributed by atoms with Crippen molar-refractivity contribution < 1.29 is 4.84 Å². The largest absolute Gasteiger partial charge is 0.390 e. The van der Waals surface area contributed by atoms with Crippen LogP contribution in [0.2, 0.25) is 0 Å². The predicted octanol–water partition coefficient (Wildman–Crippen LogP) is 3.40. The zero-order valence-electron chi connectivity index (χ0n) is 9.95. The van der Waals surface area contributed by atoms with Crippen molar-refractivity contribution in [2.45, 2.75) is 39.7 Å². The molecule has 0 aliphatic rings. The minimum Gasteiger partial charge on any atom is -0.390 e. The first kappa shape index (κ1) is 11.8. The molecule has 0 bridgehead atoms. The van der Waals surface area contributed by atoms with Gasteiger partial charge in [-0.05, 0) is 38.3 Å². The van der Waals surface area contributed by atoms with Gasteiger partial charge in [0, 0.05) is 0 Å². The molecule has 0 fully saturated rings. The highest BCUT2D eigenvalue weighted by Gasteiger charge is 2.09. The summed E-state index contributed by atoms with van der Waals surface area (Å²) in [5.41, 5.74) is 2.19. The van der Waals surface area contributed by atoms with Crippen molar-refractivity contribution in [2.75, 3.05) is 0 Å². The monoisotopic (exact) mass is 205 g/mol. The predicted molar refractivity (Wildman–Crippen MR) is 64.3 cm³/mol. The summed E-state index contributed by atoms with van der Waals surface area (Å²) in [6.45, 7) is 8.08.